The third kappa shape index (κ3) is 3.98. The first-order valence-electron chi connectivity index (χ1n) is 7.70. The van der Waals surface area contributed by atoms with Crippen LogP contribution in [-0.2, 0) is 9.59 Å². The predicted octanol–water partition coefficient (Wildman–Crippen LogP) is 2.74. The molecule has 2 aromatic carbocycles. The molecule has 6 nitrogen and oxygen atoms in total. The molecule has 1 atom stereocenters. The molecule has 0 spiro atoms. The van der Waals surface area contributed by atoms with Crippen molar-refractivity contribution in [2.75, 3.05) is 6.79 Å². The number of nitrogens with one attached hydrogen (secondary N) is 1. The van der Waals surface area contributed by atoms with Gasteiger partial charge in [0, 0.05) is 13.0 Å². The van der Waals surface area contributed by atoms with Crippen molar-refractivity contribution in [3.05, 3.63) is 65.2 Å². The number of ether oxygens (including phenoxy) is 2. The first-order valence-corrected chi connectivity index (χ1v) is 7.70. The van der Waals surface area contributed by atoms with Gasteiger partial charge in [0.2, 0.25) is 12.7 Å². The maximum Gasteiger partial charge on any atom is 0.328 e. The molecule has 0 saturated carbocycles. The molecule has 128 valence electrons. The van der Waals surface area contributed by atoms with Gasteiger partial charge in [-0.2, -0.15) is 0 Å². The van der Waals surface area contributed by atoms with Crippen molar-refractivity contribution in [1.82, 2.24) is 5.32 Å². The summed E-state index contributed by atoms with van der Waals surface area (Å²) in [5, 5.41) is 11.7. The molecule has 3 rings (SSSR count). The Morgan fingerprint density at radius 1 is 1.12 bits per heavy atom. The Morgan fingerprint density at radius 2 is 1.88 bits per heavy atom. The highest BCUT2D eigenvalue weighted by molar-refractivity contribution is 5.85. The number of fused-ring (bicyclic) bond motifs is 1. The van der Waals surface area contributed by atoms with E-state index < -0.39 is 5.97 Å². The lowest BCUT2D eigenvalue weighted by Gasteiger charge is -2.20. The number of amides is 1. The highest BCUT2D eigenvalue weighted by Crippen LogP contribution is 2.35. The molecule has 0 fully saturated rings. The van der Waals surface area contributed by atoms with E-state index in [1.165, 1.54) is 13.0 Å². The topological polar surface area (TPSA) is 84.9 Å². The van der Waals surface area contributed by atoms with E-state index in [1.54, 1.807) is 12.1 Å². The van der Waals surface area contributed by atoms with Gasteiger partial charge in [0.25, 0.3) is 0 Å². The normalized spacial score (nSPS) is 13.6. The van der Waals surface area contributed by atoms with Gasteiger partial charge in [-0.1, -0.05) is 24.3 Å². The van der Waals surface area contributed by atoms with Gasteiger partial charge in [-0.05, 0) is 41.0 Å². The SMILES string of the molecule is CC(=O)NC(c1cccc(/C=C/C(=O)O)c1)c1ccc2c(c1)OCO2. The summed E-state index contributed by atoms with van der Waals surface area (Å²) in [6.45, 7) is 1.63. The van der Waals surface area contributed by atoms with Crippen LogP contribution in [0.2, 0.25) is 0 Å². The number of aliphatic carboxylic acids is 1. The van der Waals surface area contributed by atoms with Gasteiger partial charge in [0.1, 0.15) is 0 Å². The standard InChI is InChI=1S/C19H17NO5/c1-12(21)20-19(15-6-7-16-17(10-15)25-11-24-16)14-4-2-3-13(9-14)5-8-18(22)23/h2-10,19H,11H2,1H3,(H,20,21)(H,22,23)/b8-5+. The van der Waals surface area contributed by atoms with Gasteiger partial charge >= 0.3 is 5.97 Å². The van der Waals surface area contributed by atoms with Crippen LogP contribution in [0, 0.1) is 0 Å². The van der Waals surface area contributed by atoms with Crippen molar-refractivity contribution in [2.24, 2.45) is 0 Å². The van der Waals surface area contributed by atoms with E-state index in [4.69, 9.17) is 14.6 Å². The van der Waals surface area contributed by atoms with Crippen molar-refractivity contribution >= 4 is 18.0 Å². The van der Waals surface area contributed by atoms with Crippen LogP contribution in [0.15, 0.2) is 48.5 Å². The minimum atomic E-state index is -1.01. The Kier molecular flexibility index (Phi) is 4.70. The molecular weight excluding hydrogens is 322 g/mol. The molecule has 1 aliphatic heterocycles. The van der Waals surface area contributed by atoms with Crippen molar-refractivity contribution < 1.29 is 24.2 Å². The molecule has 0 aromatic heterocycles. The van der Waals surface area contributed by atoms with E-state index in [0.29, 0.717) is 11.5 Å². The van der Waals surface area contributed by atoms with Crippen molar-refractivity contribution in [3.8, 4) is 11.5 Å². The van der Waals surface area contributed by atoms with Crippen LogP contribution in [0.3, 0.4) is 0 Å². The van der Waals surface area contributed by atoms with Gasteiger partial charge in [-0.3, -0.25) is 4.79 Å². The molecule has 2 aromatic rings. The number of hydrogen-bond acceptors (Lipinski definition) is 4. The first kappa shape index (κ1) is 16.6. The molecule has 1 aliphatic rings. The minimum Gasteiger partial charge on any atom is -0.478 e. The summed E-state index contributed by atoms with van der Waals surface area (Å²) in [4.78, 5) is 22.4. The third-order valence-electron chi connectivity index (χ3n) is 3.74. The smallest absolute Gasteiger partial charge is 0.328 e. The average Bonchev–Trinajstić information content (AvgIpc) is 3.05. The van der Waals surface area contributed by atoms with E-state index in [2.05, 4.69) is 5.32 Å². The Morgan fingerprint density at radius 3 is 2.64 bits per heavy atom. The van der Waals surface area contributed by atoms with Crippen LogP contribution in [0.25, 0.3) is 6.08 Å². The molecule has 0 saturated heterocycles. The molecule has 0 bridgehead atoms. The second kappa shape index (κ2) is 7.09. The van der Waals surface area contributed by atoms with Crippen LogP contribution >= 0.6 is 0 Å². The zero-order valence-electron chi connectivity index (χ0n) is 13.6. The zero-order valence-corrected chi connectivity index (χ0v) is 13.6. The number of carboxylic acid groups (broad SMARTS) is 1. The molecule has 1 unspecified atom stereocenters. The van der Waals surface area contributed by atoms with E-state index in [9.17, 15) is 9.59 Å². The molecule has 0 aliphatic carbocycles. The quantitative estimate of drug-likeness (QED) is 0.818. The fraction of sp³-hybridized carbons (Fsp3) is 0.158. The number of carbonyl (C=O) groups is 2. The molecular formula is C19H17NO5. The van der Waals surface area contributed by atoms with Crippen molar-refractivity contribution in [2.45, 2.75) is 13.0 Å². The zero-order chi connectivity index (χ0) is 17.8. The number of hydrogen-bond donors (Lipinski definition) is 2. The number of rotatable bonds is 5. The molecule has 0 radical (unpaired) electrons. The Hall–Kier alpha value is -3.28. The highest BCUT2D eigenvalue weighted by atomic mass is 16.7. The van der Waals surface area contributed by atoms with Crippen LogP contribution in [0.5, 0.6) is 11.5 Å². The summed E-state index contributed by atoms with van der Waals surface area (Å²) >= 11 is 0. The third-order valence-corrected chi connectivity index (χ3v) is 3.74. The second-order valence-corrected chi connectivity index (χ2v) is 5.59. The summed E-state index contributed by atoms with van der Waals surface area (Å²) in [7, 11) is 0. The second-order valence-electron chi connectivity index (χ2n) is 5.59. The predicted molar refractivity (Wildman–Crippen MR) is 91.3 cm³/mol. The Bertz CT molecular complexity index is 843. The number of carboxylic acids is 1. The Labute approximate surface area is 144 Å². The summed E-state index contributed by atoms with van der Waals surface area (Å²) in [6.07, 6.45) is 2.59. The van der Waals surface area contributed by atoms with E-state index >= 15 is 0 Å². The van der Waals surface area contributed by atoms with E-state index in [-0.39, 0.29) is 18.7 Å². The molecule has 25 heavy (non-hydrogen) atoms. The maximum absolute atomic E-state index is 11.7. The largest absolute Gasteiger partial charge is 0.478 e. The van der Waals surface area contributed by atoms with Gasteiger partial charge < -0.3 is 19.9 Å². The van der Waals surface area contributed by atoms with Gasteiger partial charge in [-0.25, -0.2) is 4.79 Å². The summed E-state index contributed by atoms with van der Waals surface area (Å²) in [5.74, 6) is 0.118. The monoisotopic (exact) mass is 339 g/mol. The van der Waals surface area contributed by atoms with E-state index in [1.807, 2.05) is 30.3 Å². The lowest BCUT2D eigenvalue weighted by Crippen LogP contribution is -2.26. The summed E-state index contributed by atoms with van der Waals surface area (Å²) in [5.41, 5.74) is 2.41. The van der Waals surface area contributed by atoms with Gasteiger partial charge in [0.15, 0.2) is 11.5 Å². The molecule has 1 amide bonds. The minimum absolute atomic E-state index is 0.172. The first-order chi connectivity index (χ1) is 12.0. The average molecular weight is 339 g/mol. The van der Waals surface area contributed by atoms with Gasteiger partial charge in [-0.15, -0.1) is 0 Å². The van der Waals surface area contributed by atoms with Crippen molar-refractivity contribution in [1.29, 1.82) is 0 Å². The summed E-state index contributed by atoms with van der Waals surface area (Å²) < 4.78 is 10.7. The van der Waals surface area contributed by atoms with Crippen LogP contribution < -0.4 is 14.8 Å². The summed E-state index contributed by atoms with van der Waals surface area (Å²) in [6, 6.07) is 12.5. The maximum atomic E-state index is 11.7. The van der Waals surface area contributed by atoms with Crippen molar-refractivity contribution in [3.63, 3.8) is 0 Å². The van der Waals surface area contributed by atoms with E-state index in [0.717, 1.165) is 22.8 Å². The Balaban J connectivity index is 1.97. The molecule has 6 heteroatoms. The molecule has 1 heterocycles. The number of carbonyl (C=O) groups excluding carboxylic acids is 1. The molecule has 2 N–H and O–H groups in total. The van der Waals surface area contributed by atoms with Crippen LogP contribution in [0.1, 0.15) is 29.7 Å². The fourth-order valence-electron chi connectivity index (χ4n) is 2.66. The highest BCUT2D eigenvalue weighted by Gasteiger charge is 2.20. The van der Waals surface area contributed by atoms with Crippen LogP contribution in [0.4, 0.5) is 0 Å². The lowest BCUT2D eigenvalue weighted by atomic mass is 9.96. The van der Waals surface area contributed by atoms with Crippen LogP contribution in [-0.4, -0.2) is 23.8 Å². The fourth-order valence-corrected chi connectivity index (χ4v) is 2.66. The lowest BCUT2D eigenvalue weighted by molar-refractivity contribution is -0.131. The number of benzene rings is 2. The van der Waals surface area contributed by atoms with Gasteiger partial charge in [0.05, 0.1) is 6.04 Å².